The molecule has 5 nitrogen and oxygen atoms in total. The monoisotopic (exact) mass is 294 g/mol. The molecule has 0 atom stereocenters. The molecular weight excluding hydrogens is 268 g/mol. The first-order chi connectivity index (χ1) is 10.0. The van der Waals surface area contributed by atoms with Crippen molar-refractivity contribution >= 4 is 5.91 Å². The van der Waals surface area contributed by atoms with Gasteiger partial charge in [0.25, 0.3) is 5.91 Å². The SMILES string of the molecule is COCCNCCNC(=O)COc1c(C)cc(C)cc1C. The minimum atomic E-state index is -0.108. The van der Waals surface area contributed by atoms with Gasteiger partial charge in [-0.25, -0.2) is 0 Å². The van der Waals surface area contributed by atoms with Crippen molar-refractivity contribution in [1.29, 1.82) is 0 Å². The van der Waals surface area contributed by atoms with E-state index in [1.807, 2.05) is 20.8 Å². The van der Waals surface area contributed by atoms with Crippen molar-refractivity contribution in [3.63, 3.8) is 0 Å². The van der Waals surface area contributed by atoms with Crippen LogP contribution in [0.4, 0.5) is 0 Å². The summed E-state index contributed by atoms with van der Waals surface area (Å²) in [6.07, 6.45) is 0. The Hall–Kier alpha value is -1.59. The molecule has 0 aromatic heterocycles. The summed E-state index contributed by atoms with van der Waals surface area (Å²) in [6, 6.07) is 4.11. The average molecular weight is 294 g/mol. The lowest BCUT2D eigenvalue weighted by Crippen LogP contribution is -2.35. The Morgan fingerprint density at radius 1 is 1.10 bits per heavy atom. The zero-order valence-corrected chi connectivity index (χ0v) is 13.4. The molecule has 118 valence electrons. The topological polar surface area (TPSA) is 59.6 Å². The number of methoxy groups -OCH3 is 1. The first kappa shape index (κ1) is 17.5. The Labute approximate surface area is 127 Å². The Morgan fingerprint density at radius 3 is 2.38 bits per heavy atom. The molecule has 0 saturated carbocycles. The molecule has 0 bridgehead atoms. The Kier molecular flexibility index (Phi) is 7.79. The first-order valence-corrected chi connectivity index (χ1v) is 7.21. The molecule has 0 radical (unpaired) electrons. The van der Waals surface area contributed by atoms with Gasteiger partial charge in [-0.2, -0.15) is 0 Å². The van der Waals surface area contributed by atoms with Gasteiger partial charge in [-0.15, -0.1) is 0 Å². The number of nitrogens with one attached hydrogen (secondary N) is 2. The van der Waals surface area contributed by atoms with E-state index in [4.69, 9.17) is 9.47 Å². The lowest BCUT2D eigenvalue weighted by molar-refractivity contribution is -0.123. The van der Waals surface area contributed by atoms with Gasteiger partial charge in [0, 0.05) is 26.7 Å². The van der Waals surface area contributed by atoms with Crippen LogP contribution in [0.3, 0.4) is 0 Å². The highest BCUT2D eigenvalue weighted by Crippen LogP contribution is 2.24. The molecule has 0 saturated heterocycles. The second-order valence-corrected chi connectivity index (χ2v) is 5.11. The van der Waals surface area contributed by atoms with E-state index >= 15 is 0 Å². The van der Waals surface area contributed by atoms with E-state index in [2.05, 4.69) is 22.8 Å². The van der Waals surface area contributed by atoms with Crippen LogP contribution >= 0.6 is 0 Å². The first-order valence-electron chi connectivity index (χ1n) is 7.21. The van der Waals surface area contributed by atoms with Crippen LogP contribution in [0.5, 0.6) is 5.75 Å². The smallest absolute Gasteiger partial charge is 0.257 e. The minimum absolute atomic E-state index is 0.0445. The van der Waals surface area contributed by atoms with Crippen LogP contribution in [0.25, 0.3) is 0 Å². The third kappa shape index (κ3) is 6.60. The van der Waals surface area contributed by atoms with Crippen molar-refractivity contribution in [2.75, 3.05) is 40.0 Å². The van der Waals surface area contributed by atoms with Gasteiger partial charge in [0.1, 0.15) is 5.75 Å². The van der Waals surface area contributed by atoms with E-state index in [1.165, 1.54) is 5.56 Å². The molecule has 0 heterocycles. The molecule has 0 spiro atoms. The summed E-state index contributed by atoms with van der Waals surface area (Å²) in [5, 5.41) is 5.97. The maximum absolute atomic E-state index is 11.7. The molecule has 0 aliphatic rings. The van der Waals surface area contributed by atoms with Gasteiger partial charge in [0.2, 0.25) is 0 Å². The molecule has 21 heavy (non-hydrogen) atoms. The fourth-order valence-corrected chi connectivity index (χ4v) is 2.17. The molecular formula is C16H26N2O3. The van der Waals surface area contributed by atoms with Crippen molar-refractivity contribution < 1.29 is 14.3 Å². The van der Waals surface area contributed by atoms with E-state index in [1.54, 1.807) is 7.11 Å². The van der Waals surface area contributed by atoms with Crippen molar-refractivity contribution in [3.8, 4) is 5.75 Å². The second-order valence-electron chi connectivity index (χ2n) is 5.11. The highest BCUT2D eigenvalue weighted by molar-refractivity contribution is 5.77. The highest BCUT2D eigenvalue weighted by Gasteiger charge is 2.07. The van der Waals surface area contributed by atoms with Gasteiger partial charge in [0.15, 0.2) is 6.61 Å². The number of hydrogen-bond donors (Lipinski definition) is 2. The Balaban J connectivity index is 2.27. The molecule has 0 unspecified atom stereocenters. The summed E-state index contributed by atoms with van der Waals surface area (Å²) in [6.45, 7) is 8.83. The summed E-state index contributed by atoms with van der Waals surface area (Å²) in [4.78, 5) is 11.7. The summed E-state index contributed by atoms with van der Waals surface area (Å²) in [5.41, 5.74) is 3.31. The fourth-order valence-electron chi connectivity index (χ4n) is 2.17. The highest BCUT2D eigenvalue weighted by atomic mass is 16.5. The number of carbonyl (C=O) groups excluding carboxylic acids is 1. The summed E-state index contributed by atoms with van der Waals surface area (Å²) in [5.74, 6) is 0.692. The van der Waals surface area contributed by atoms with Gasteiger partial charge in [-0.05, 0) is 31.9 Å². The zero-order valence-electron chi connectivity index (χ0n) is 13.4. The Bertz CT molecular complexity index is 438. The van der Waals surface area contributed by atoms with Crippen molar-refractivity contribution in [3.05, 3.63) is 28.8 Å². The summed E-state index contributed by atoms with van der Waals surface area (Å²) >= 11 is 0. The van der Waals surface area contributed by atoms with Crippen LogP contribution in [0, 0.1) is 20.8 Å². The molecule has 1 rings (SSSR count). The lowest BCUT2D eigenvalue weighted by atomic mass is 10.1. The molecule has 0 fully saturated rings. The number of ether oxygens (including phenoxy) is 2. The van der Waals surface area contributed by atoms with Crippen LogP contribution in [0.2, 0.25) is 0 Å². The van der Waals surface area contributed by atoms with Crippen molar-refractivity contribution in [2.45, 2.75) is 20.8 Å². The maximum atomic E-state index is 11.7. The lowest BCUT2D eigenvalue weighted by Gasteiger charge is -2.13. The van der Waals surface area contributed by atoms with Gasteiger partial charge >= 0.3 is 0 Å². The Morgan fingerprint density at radius 2 is 1.76 bits per heavy atom. The summed E-state index contributed by atoms with van der Waals surface area (Å²) < 4.78 is 10.5. The predicted molar refractivity (Wildman–Crippen MR) is 83.9 cm³/mol. The van der Waals surface area contributed by atoms with E-state index in [0.29, 0.717) is 13.2 Å². The van der Waals surface area contributed by atoms with E-state index in [0.717, 1.165) is 30.0 Å². The third-order valence-corrected chi connectivity index (χ3v) is 3.06. The van der Waals surface area contributed by atoms with Crippen LogP contribution in [0.1, 0.15) is 16.7 Å². The largest absolute Gasteiger partial charge is 0.483 e. The molecule has 1 amide bonds. The molecule has 5 heteroatoms. The van der Waals surface area contributed by atoms with Gasteiger partial charge < -0.3 is 20.1 Å². The maximum Gasteiger partial charge on any atom is 0.257 e. The molecule has 1 aromatic rings. The number of hydrogen-bond acceptors (Lipinski definition) is 4. The van der Waals surface area contributed by atoms with Crippen LogP contribution in [-0.4, -0.2) is 45.9 Å². The predicted octanol–water partition coefficient (Wildman–Crippen LogP) is 1.34. The van der Waals surface area contributed by atoms with Crippen molar-refractivity contribution in [1.82, 2.24) is 10.6 Å². The normalized spacial score (nSPS) is 10.5. The summed E-state index contributed by atoms with van der Waals surface area (Å²) in [7, 11) is 1.66. The van der Waals surface area contributed by atoms with Gasteiger partial charge in [-0.3, -0.25) is 4.79 Å². The van der Waals surface area contributed by atoms with Crippen LogP contribution < -0.4 is 15.4 Å². The van der Waals surface area contributed by atoms with Crippen molar-refractivity contribution in [2.24, 2.45) is 0 Å². The van der Waals surface area contributed by atoms with Gasteiger partial charge in [-0.1, -0.05) is 17.7 Å². The van der Waals surface area contributed by atoms with E-state index in [-0.39, 0.29) is 12.5 Å². The fraction of sp³-hybridized carbons (Fsp3) is 0.562. The quantitative estimate of drug-likeness (QED) is 0.675. The minimum Gasteiger partial charge on any atom is -0.483 e. The average Bonchev–Trinajstić information content (AvgIpc) is 2.41. The zero-order chi connectivity index (χ0) is 15.7. The van der Waals surface area contributed by atoms with Crippen LogP contribution in [0.15, 0.2) is 12.1 Å². The number of benzene rings is 1. The number of amides is 1. The number of aryl methyl sites for hydroxylation is 3. The second kappa shape index (κ2) is 9.37. The van der Waals surface area contributed by atoms with Crippen LogP contribution in [-0.2, 0) is 9.53 Å². The third-order valence-electron chi connectivity index (χ3n) is 3.06. The van der Waals surface area contributed by atoms with E-state index in [9.17, 15) is 4.79 Å². The number of rotatable bonds is 9. The molecule has 2 N–H and O–H groups in total. The van der Waals surface area contributed by atoms with E-state index < -0.39 is 0 Å². The standard InChI is InChI=1S/C16H26N2O3/c1-12-9-13(2)16(14(3)10-12)21-11-15(19)18-6-5-17-7-8-20-4/h9-10,17H,5-8,11H2,1-4H3,(H,18,19). The number of carbonyl (C=O) groups is 1. The molecule has 0 aliphatic heterocycles. The molecule has 1 aromatic carbocycles. The molecule has 0 aliphatic carbocycles. The van der Waals surface area contributed by atoms with Gasteiger partial charge in [0.05, 0.1) is 6.61 Å².